The standard InChI is InChI=1S/C9H11OP/c1-2-3-7-6-8(11)4-5-9(7)10/h2,4-6,10H,1,3,11H2. The second-order valence-corrected chi connectivity index (χ2v) is 3.05. The van der Waals surface area contributed by atoms with Crippen molar-refractivity contribution in [3.05, 3.63) is 36.4 Å². The maximum atomic E-state index is 9.31. The monoisotopic (exact) mass is 166 g/mol. The van der Waals surface area contributed by atoms with Crippen LogP contribution in [0.15, 0.2) is 30.9 Å². The molecule has 0 spiro atoms. The molecule has 0 aromatic heterocycles. The number of phenols is 1. The molecule has 0 saturated carbocycles. The Balaban J connectivity index is 3.01. The van der Waals surface area contributed by atoms with E-state index < -0.39 is 0 Å². The zero-order valence-corrected chi connectivity index (χ0v) is 7.40. The second-order valence-electron chi connectivity index (χ2n) is 2.38. The quantitative estimate of drug-likeness (QED) is 0.523. The van der Waals surface area contributed by atoms with Gasteiger partial charge < -0.3 is 5.11 Å². The van der Waals surface area contributed by atoms with E-state index >= 15 is 0 Å². The maximum absolute atomic E-state index is 9.31. The van der Waals surface area contributed by atoms with E-state index in [1.54, 1.807) is 12.1 Å². The fourth-order valence-corrected chi connectivity index (χ4v) is 1.22. The molecule has 0 saturated heterocycles. The lowest BCUT2D eigenvalue weighted by Crippen LogP contribution is -1.92. The summed E-state index contributed by atoms with van der Waals surface area (Å²) in [6.45, 7) is 3.61. The highest BCUT2D eigenvalue weighted by Crippen LogP contribution is 2.15. The minimum Gasteiger partial charge on any atom is -0.508 e. The number of allylic oxidation sites excluding steroid dienone is 1. The van der Waals surface area contributed by atoms with E-state index in [-0.39, 0.29) is 0 Å². The molecular weight excluding hydrogens is 155 g/mol. The zero-order valence-electron chi connectivity index (χ0n) is 6.25. The van der Waals surface area contributed by atoms with Crippen molar-refractivity contribution in [3.63, 3.8) is 0 Å². The first-order chi connectivity index (χ1) is 5.24. The van der Waals surface area contributed by atoms with Crippen LogP contribution in [0, 0.1) is 0 Å². The van der Waals surface area contributed by atoms with Gasteiger partial charge in [-0.2, -0.15) is 0 Å². The molecule has 1 nitrogen and oxygen atoms in total. The average Bonchev–Trinajstić information content (AvgIpc) is 1.98. The van der Waals surface area contributed by atoms with Gasteiger partial charge in [0.25, 0.3) is 0 Å². The smallest absolute Gasteiger partial charge is 0.119 e. The summed E-state index contributed by atoms with van der Waals surface area (Å²) in [6.07, 6.45) is 2.49. The molecule has 1 aromatic carbocycles. The molecule has 0 heterocycles. The van der Waals surface area contributed by atoms with Crippen LogP contribution < -0.4 is 5.30 Å². The first-order valence-electron chi connectivity index (χ1n) is 3.42. The van der Waals surface area contributed by atoms with Crippen molar-refractivity contribution in [2.45, 2.75) is 6.42 Å². The van der Waals surface area contributed by atoms with E-state index in [0.717, 1.165) is 10.9 Å². The average molecular weight is 166 g/mol. The van der Waals surface area contributed by atoms with Crippen molar-refractivity contribution in [2.24, 2.45) is 0 Å². The molecule has 0 aliphatic heterocycles. The van der Waals surface area contributed by atoms with Crippen molar-refractivity contribution in [2.75, 3.05) is 0 Å². The van der Waals surface area contributed by atoms with Crippen molar-refractivity contribution in [1.29, 1.82) is 0 Å². The van der Waals surface area contributed by atoms with E-state index in [2.05, 4.69) is 15.8 Å². The summed E-state index contributed by atoms with van der Waals surface area (Å²) in [5.74, 6) is 0.344. The van der Waals surface area contributed by atoms with Crippen LogP contribution >= 0.6 is 9.24 Å². The Morgan fingerprint density at radius 1 is 1.55 bits per heavy atom. The van der Waals surface area contributed by atoms with Gasteiger partial charge in [0.15, 0.2) is 0 Å². The Kier molecular flexibility index (Phi) is 2.67. The van der Waals surface area contributed by atoms with Gasteiger partial charge in [0.1, 0.15) is 5.75 Å². The number of hydrogen-bond acceptors (Lipinski definition) is 1. The third-order valence-electron chi connectivity index (χ3n) is 1.47. The summed E-state index contributed by atoms with van der Waals surface area (Å²) in [5, 5.41) is 10.4. The van der Waals surface area contributed by atoms with Gasteiger partial charge >= 0.3 is 0 Å². The van der Waals surface area contributed by atoms with Crippen LogP contribution in [-0.2, 0) is 6.42 Å². The normalized spacial score (nSPS) is 9.55. The Labute approximate surface area is 69.0 Å². The van der Waals surface area contributed by atoms with Gasteiger partial charge in [0.2, 0.25) is 0 Å². The molecule has 0 fully saturated rings. The van der Waals surface area contributed by atoms with Crippen LogP contribution in [0.25, 0.3) is 0 Å². The highest BCUT2D eigenvalue weighted by Gasteiger charge is 1.97. The Morgan fingerprint density at radius 2 is 2.27 bits per heavy atom. The molecule has 1 aromatic rings. The molecule has 1 N–H and O–H groups in total. The fraction of sp³-hybridized carbons (Fsp3) is 0.111. The minimum atomic E-state index is 0.344. The van der Waals surface area contributed by atoms with Crippen LogP contribution in [0.1, 0.15) is 5.56 Å². The lowest BCUT2D eigenvalue weighted by Gasteiger charge is -2.01. The highest BCUT2D eigenvalue weighted by molar-refractivity contribution is 7.27. The predicted octanol–water partition coefficient (Wildman–Crippen LogP) is 1.62. The fourth-order valence-electron chi connectivity index (χ4n) is 0.924. The van der Waals surface area contributed by atoms with Crippen LogP contribution in [0.2, 0.25) is 0 Å². The van der Waals surface area contributed by atoms with E-state index in [1.807, 2.05) is 12.1 Å². The Bertz CT molecular complexity index is 268. The largest absolute Gasteiger partial charge is 0.508 e. The van der Waals surface area contributed by atoms with Crippen molar-refractivity contribution in [3.8, 4) is 5.75 Å². The van der Waals surface area contributed by atoms with Crippen molar-refractivity contribution >= 4 is 14.5 Å². The molecule has 0 bridgehead atoms. The first kappa shape index (κ1) is 8.29. The number of rotatable bonds is 2. The third kappa shape index (κ3) is 2.06. The lowest BCUT2D eigenvalue weighted by atomic mass is 10.1. The first-order valence-corrected chi connectivity index (χ1v) is 4.00. The van der Waals surface area contributed by atoms with Crippen molar-refractivity contribution < 1.29 is 5.11 Å². The molecule has 2 heteroatoms. The van der Waals surface area contributed by atoms with Crippen molar-refractivity contribution in [1.82, 2.24) is 0 Å². The summed E-state index contributed by atoms with van der Waals surface area (Å²) in [4.78, 5) is 0. The molecule has 1 rings (SSSR count). The molecule has 1 atom stereocenters. The third-order valence-corrected chi connectivity index (χ3v) is 1.83. The van der Waals surface area contributed by atoms with E-state index in [0.29, 0.717) is 12.2 Å². The summed E-state index contributed by atoms with van der Waals surface area (Å²) in [7, 11) is 2.59. The molecule has 0 radical (unpaired) electrons. The summed E-state index contributed by atoms with van der Waals surface area (Å²) in [5.41, 5.74) is 0.924. The topological polar surface area (TPSA) is 20.2 Å². The van der Waals surface area contributed by atoms with Gasteiger partial charge in [-0.25, -0.2) is 0 Å². The van der Waals surface area contributed by atoms with Gasteiger partial charge in [0.05, 0.1) is 0 Å². The number of phenolic OH excluding ortho intramolecular Hbond substituents is 1. The van der Waals surface area contributed by atoms with Gasteiger partial charge in [-0.3, -0.25) is 0 Å². The second kappa shape index (κ2) is 3.54. The van der Waals surface area contributed by atoms with Gasteiger partial charge in [0, 0.05) is 0 Å². The molecule has 58 valence electrons. The Hall–Kier alpha value is -0.810. The zero-order chi connectivity index (χ0) is 8.27. The van der Waals surface area contributed by atoms with E-state index in [9.17, 15) is 5.11 Å². The number of benzene rings is 1. The summed E-state index contributed by atoms with van der Waals surface area (Å²) in [6, 6.07) is 5.48. The molecule has 0 aliphatic carbocycles. The van der Waals surface area contributed by atoms with Crippen LogP contribution in [0.3, 0.4) is 0 Å². The lowest BCUT2D eigenvalue weighted by molar-refractivity contribution is 0.470. The van der Waals surface area contributed by atoms with Gasteiger partial charge in [-0.15, -0.1) is 15.8 Å². The Morgan fingerprint density at radius 3 is 2.91 bits per heavy atom. The predicted molar refractivity (Wildman–Crippen MR) is 51.4 cm³/mol. The molecule has 0 amide bonds. The van der Waals surface area contributed by atoms with Crippen LogP contribution in [0.4, 0.5) is 0 Å². The number of hydrogen-bond donors (Lipinski definition) is 1. The molecule has 1 unspecified atom stereocenters. The SMILES string of the molecule is C=CCc1cc(P)ccc1O. The van der Waals surface area contributed by atoms with Crippen LogP contribution in [0.5, 0.6) is 5.75 Å². The molecule has 11 heavy (non-hydrogen) atoms. The summed E-state index contributed by atoms with van der Waals surface area (Å²) < 4.78 is 0. The molecular formula is C9H11OP. The highest BCUT2D eigenvalue weighted by atomic mass is 31.0. The number of aromatic hydroxyl groups is 1. The summed E-state index contributed by atoms with van der Waals surface area (Å²) >= 11 is 0. The van der Waals surface area contributed by atoms with Crippen LogP contribution in [-0.4, -0.2) is 5.11 Å². The van der Waals surface area contributed by atoms with E-state index in [4.69, 9.17) is 0 Å². The maximum Gasteiger partial charge on any atom is 0.119 e. The van der Waals surface area contributed by atoms with Gasteiger partial charge in [-0.05, 0) is 29.4 Å². The van der Waals surface area contributed by atoms with Gasteiger partial charge in [-0.1, -0.05) is 12.1 Å². The molecule has 0 aliphatic rings. The van der Waals surface area contributed by atoms with E-state index in [1.165, 1.54) is 0 Å². The minimum absolute atomic E-state index is 0.344.